The molecule has 0 saturated heterocycles. The van der Waals surface area contributed by atoms with Crippen LogP contribution in [0.3, 0.4) is 0 Å². The standard InChI is InChI=1S/C4H9NO3.Mn/c1-2(6)3(5)4(7)8;/h2-3,6H,5H2,1H3,(H,7,8);. The Kier molecular flexibility index (Phi) is 6.17. The quantitative estimate of drug-likeness (QED) is 0.458. The van der Waals surface area contributed by atoms with Crippen molar-refractivity contribution in [3.05, 3.63) is 0 Å². The van der Waals surface area contributed by atoms with E-state index in [-0.39, 0.29) is 17.1 Å². The summed E-state index contributed by atoms with van der Waals surface area (Å²) in [6.07, 6.45) is -0.979. The van der Waals surface area contributed by atoms with E-state index in [2.05, 4.69) is 0 Å². The third-order valence-corrected chi connectivity index (χ3v) is 0.805. The number of carboxylic acids is 1. The summed E-state index contributed by atoms with van der Waals surface area (Å²) in [5, 5.41) is 16.6. The summed E-state index contributed by atoms with van der Waals surface area (Å²) in [6, 6.07) is -1.16. The Balaban J connectivity index is 0. The molecule has 5 heteroatoms. The maximum atomic E-state index is 9.86. The average molecular weight is 174 g/mol. The van der Waals surface area contributed by atoms with Gasteiger partial charge in [-0.2, -0.15) is 0 Å². The molecule has 0 heterocycles. The molecule has 0 fully saturated rings. The predicted octanol–water partition coefficient (Wildman–Crippen LogP) is -1.22. The van der Waals surface area contributed by atoms with Crippen molar-refractivity contribution in [3.8, 4) is 0 Å². The molecule has 2 unspecified atom stereocenters. The third-order valence-electron chi connectivity index (χ3n) is 0.805. The van der Waals surface area contributed by atoms with Crippen LogP contribution < -0.4 is 5.73 Å². The Bertz CT molecular complexity index is 95.8. The predicted molar refractivity (Wildman–Crippen MR) is 27.3 cm³/mol. The van der Waals surface area contributed by atoms with E-state index in [1.54, 1.807) is 0 Å². The van der Waals surface area contributed by atoms with Crippen LogP contribution in [0.4, 0.5) is 0 Å². The van der Waals surface area contributed by atoms with Crippen molar-refractivity contribution in [1.29, 1.82) is 0 Å². The molecular weight excluding hydrogens is 165 g/mol. The summed E-state index contributed by atoms with van der Waals surface area (Å²) in [5.41, 5.74) is 4.91. The van der Waals surface area contributed by atoms with Crippen molar-refractivity contribution >= 4 is 5.97 Å². The molecule has 0 amide bonds. The van der Waals surface area contributed by atoms with Crippen molar-refractivity contribution < 1.29 is 32.1 Å². The molecule has 0 aromatic rings. The Morgan fingerprint density at radius 1 is 1.67 bits per heavy atom. The topological polar surface area (TPSA) is 83.5 Å². The molecule has 0 aromatic carbocycles. The number of aliphatic hydroxyl groups excluding tert-OH is 1. The fourth-order valence-corrected chi connectivity index (χ4v) is 0.206. The fourth-order valence-electron chi connectivity index (χ4n) is 0.206. The first-order chi connectivity index (χ1) is 3.55. The molecule has 0 aliphatic carbocycles. The normalized spacial score (nSPS) is 15.4. The molecule has 0 aliphatic heterocycles. The molecule has 9 heavy (non-hydrogen) atoms. The second-order valence-electron chi connectivity index (χ2n) is 1.60. The van der Waals surface area contributed by atoms with Gasteiger partial charge in [0.2, 0.25) is 0 Å². The molecule has 0 aliphatic rings. The zero-order valence-electron chi connectivity index (χ0n) is 4.91. The first kappa shape index (κ1) is 11.7. The van der Waals surface area contributed by atoms with E-state index in [1.165, 1.54) is 6.92 Å². The second kappa shape index (κ2) is 4.76. The van der Waals surface area contributed by atoms with Crippen LogP contribution in [0.25, 0.3) is 0 Å². The minimum atomic E-state index is -1.18. The van der Waals surface area contributed by atoms with Crippen LogP contribution in [0.1, 0.15) is 6.92 Å². The first-order valence-corrected chi connectivity index (χ1v) is 2.22. The molecule has 0 rings (SSSR count). The molecule has 0 bridgehead atoms. The summed E-state index contributed by atoms with van der Waals surface area (Å²) in [5.74, 6) is -1.18. The van der Waals surface area contributed by atoms with Crippen molar-refractivity contribution in [2.24, 2.45) is 5.73 Å². The van der Waals surface area contributed by atoms with Crippen LogP contribution in [0.15, 0.2) is 0 Å². The Morgan fingerprint density at radius 2 is 2.00 bits per heavy atom. The van der Waals surface area contributed by atoms with Gasteiger partial charge in [-0.05, 0) is 6.92 Å². The van der Waals surface area contributed by atoms with Crippen molar-refractivity contribution in [2.45, 2.75) is 19.1 Å². The maximum Gasteiger partial charge on any atom is 0.323 e. The van der Waals surface area contributed by atoms with Crippen LogP contribution in [-0.2, 0) is 21.9 Å². The van der Waals surface area contributed by atoms with Crippen molar-refractivity contribution in [1.82, 2.24) is 0 Å². The molecule has 0 aromatic heterocycles. The van der Waals surface area contributed by atoms with Gasteiger partial charge in [0.05, 0.1) is 6.10 Å². The van der Waals surface area contributed by atoms with Gasteiger partial charge in [0.15, 0.2) is 0 Å². The Hall–Kier alpha value is -0.0905. The Labute approximate surface area is 63.5 Å². The fraction of sp³-hybridized carbons (Fsp3) is 0.750. The molecule has 0 saturated carbocycles. The zero-order valence-corrected chi connectivity index (χ0v) is 6.09. The van der Waals surface area contributed by atoms with Gasteiger partial charge in [0.25, 0.3) is 0 Å². The van der Waals surface area contributed by atoms with Gasteiger partial charge in [-0.1, -0.05) is 0 Å². The Morgan fingerprint density at radius 3 is 2.00 bits per heavy atom. The molecule has 55 valence electrons. The van der Waals surface area contributed by atoms with Crippen molar-refractivity contribution in [3.63, 3.8) is 0 Å². The minimum absolute atomic E-state index is 0. The van der Waals surface area contributed by atoms with Gasteiger partial charge in [0.1, 0.15) is 6.04 Å². The van der Waals surface area contributed by atoms with Gasteiger partial charge < -0.3 is 15.9 Å². The van der Waals surface area contributed by atoms with E-state index in [0.717, 1.165) is 0 Å². The monoisotopic (exact) mass is 174 g/mol. The van der Waals surface area contributed by atoms with Crippen molar-refractivity contribution in [2.75, 3.05) is 0 Å². The molecular formula is C4H9MnNO3. The van der Waals surface area contributed by atoms with Crippen LogP contribution >= 0.6 is 0 Å². The SMILES string of the molecule is CC(O)C(N)C(=O)O.[Mn]. The third kappa shape index (κ3) is 4.42. The van der Waals surface area contributed by atoms with E-state index in [1.807, 2.05) is 0 Å². The molecule has 2 atom stereocenters. The van der Waals surface area contributed by atoms with E-state index < -0.39 is 18.1 Å². The zero-order chi connectivity index (χ0) is 6.73. The summed E-state index contributed by atoms with van der Waals surface area (Å²) in [7, 11) is 0. The molecule has 0 spiro atoms. The van der Waals surface area contributed by atoms with Gasteiger partial charge in [0, 0.05) is 17.1 Å². The van der Waals surface area contributed by atoms with Gasteiger partial charge >= 0.3 is 5.97 Å². The molecule has 4 N–H and O–H groups in total. The van der Waals surface area contributed by atoms with Crippen LogP contribution in [0.2, 0.25) is 0 Å². The smallest absolute Gasteiger partial charge is 0.323 e. The first-order valence-electron chi connectivity index (χ1n) is 2.22. The van der Waals surface area contributed by atoms with Gasteiger partial charge in [-0.25, -0.2) is 0 Å². The van der Waals surface area contributed by atoms with Crippen LogP contribution in [0.5, 0.6) is 0 Å². The number of nitrogens with two attached hydrogens (primary N) is 1. The number of aliphatic hydroxyl groups is 1. The van der Waals surface area contributed by atoms with Gasteiger partial charge in [-0.3, -0.25) is 4.79 Å². The minimum Gasteiger partial charge on any atom is -0.480 e. The van der Waals surface area contributed by atoms with E-state index in [0.29, 0.717) is 0 Å². The van der Waals surface area contributed by atoms with Crippen LogP contribution in [0, 0.1) is 0 Å². The van der Waals surface area contributed by atoms with E-state index >= 15 is 0 Å². The number of hydrogen-bond donors (Lipinski definition) is 3. The number of carbonyl (C=O) groups is 1. The number of aliphatic carboxylic acids is 1. The summed E-state index contributed by atoms with van der Waals surface area (Å²) >= 11 is 0. The number of rotatable bonds is 2. The largest absolute Gasteiger partial charge is 0.480 e. The molecule has 4 nitrogen and oxygen atoms in total. The maximum absolute atomic E-state index is 9.86. The number of hydrogen-bond acceptors (Lipinski definition) is 3. The summed E-state index contributed by atoms with van der Waals surface area (Å²) in [4.78, 5) is 9.86. The van der Waals surface area contributed by atoms with E-state index in [4.69, 9.17) is 15.9 Å². The van der Waals surface area contributed by atoms with E-state index in [9.17, 15) is 4.79 Å². The average Bonchev–Trinajstić information content (AvgIpc) is 1.64. The summed E-state index contributed by atoms with van der Waals surface area (Å²) in [6.45, 7) is 1.33. The molecule has 1 radical (unpaired) electrons. The van der Waals surface area contributed by atoms with Gasteiger partial charge in [-0.15, -0.1) is 0 Å². The second-order valence-corrected chi connectivity index (χ2v) is 1.60. The number of carboxylic acid groups (broad SMARTS) is 1. The van der Waals surface area contributed by atoms with Crippen LogP contribution in [-0.4, -0.2) is 28.3 Å². The summed E-state index contributed by atoms with van der Waals surface area (Å²) < 4.78 is 0.